The van der Waals surface area contributed by atoms with E-state index in [4.69, 9.17) is 4.74 Å². The van der Waals surface area contributed by atoms with E-state index in [1.165, 1.54) is 0 Å². The molecule has 0 bridgehead atoms. The number of urea groups is 1. The molecule has 3 fully saturated rings. The number of nitrogens with one attached hydrogen (secondary N) is 1. The first-order valence-electron chi connectivity index (χ1n) is 10.6. The van der Waals surface area contributed by atoms with E-state index in [0.29, 0.717) is 11.3 Å². The van der Waals surface area contributed by atoms with E-state index < -0.39 is 61.3 Å². The van der Waals surface area contributed by atoms with Gasteiger partial charge in [-0.1, -0.05) is 19.8 Å². The zero-order valence-electron chi connectivity index (χ0n) is 17.7. The number of ether oxygens (including phenoxy) is 1. The molecule has 8 nitrogen and oxygen atoms in total. The van der Waals surface area contributed by atoms with Crippen LogP contribution in [0.1, 0.15) is 52.4 Å². The number of nitrogens with zero attached hydrogens (tertiary/aromatic N) is 2. The molecule has 2 aliphatic carbocycles. The van der Waals surface area contributed by atoms with Gasteiger partial charge >= 0.3 is 18.2 Å². The molecule has 0 unspecified atom stereocenters. The highest BCUT2D eigenvalue weighted by atomic mass is 19.4. The van der Waals surface area contributed by atoms with Crippen molar-refractivity contribution in [3.8, 4) is 0 Å². The third-order valence-corrected chi connectivity index (χ3v) is 6.61. The van der Waals surface area contributed by atoms with Crippen LogP contribution in [0.4, 0.5) is 18.0 Å². The molecule has 1 heterocycles. The predicted molar refractivity (Wildman–Crippen MR) is 102 cm³/mol. The number of carbonyl (C=O) groups excluding carboxylic acids is 4. The van der Waals surface area contributed by atoms with E-state index in [1.807, 2.05) is 6.92 Å². The average molecular weight is 447 g/mol. The molecular formula is C20H28F3N3O5. The van der Waals surface area contributed by atoms with Gasteiger partial charge in [-0.05, 0) is 44.4 Å². The summed E-state index contributed by atoms with van der Waals surface area (Å²) < 4.78 is 43.5. The zero-order valence-corrected chi connectivity index (χ0v) is 17.7. The highest BCUT2D eigenvalue weighted by Gasteiger charge is 2.55. The summed E-state index contributed by atoms with van der Waals surface area (Å²) in [5, 5.41) is 2.70. The van der Waals surface area contributed by atoms with E-state index in [9.17, 15) is 32.3 Å². The molecular weight excluding hydrogens is 419 g/mol. The topological polar surface area (TPSA) is 96.0 Å². The number of imide groups is 1. The fraction of sp³-hybridized carbons (Fsp3) is 0.800. The van der Waals surface area contributed by atoms with Gasteiger partial charge < -0.3 is 15.0 Å². The minimum absolute atomic E-state index is 0.00147. The quantitative estimate of drug-likeness (QED) is 0.477. The van der Waals surface area contributed by atoms with E-state index in [0.717, 1.165) is 37.0 Å². The van der Waals surface area contributed by atoms with Gasteiger partial charge in [-0.2, -0.15) is 13.2 Å². The summed E-state index contributed by atoms with van der Waals surface area (Å²) in [7, 11) is 0. The fourth-order valence-corrected chi connectivity index (χ4v) is 4.52. The molecule has 1 N–H and O–H groups in total. The number of carbonyl (C=O) groups is 4. The van der Waals surface area contributed by atoms with Crippen LogP contribution in [0.25, 0.3) is 0 Å². The second-order valence-electron chi connectivity index (χ2n) is 8.82. The second kappa shape index (κ2) is 8.66. The number of hydrogen-bond donors (Lipinski definition) is 1. The second-order valence-corrected chi connectivity index (χ2v) is 8.82. The first-order valence-corrected chi connectivity index (χ1v) is 10.6. The van der Waals surface area contributed by atoms with Gasteiger partial charge in [0.2, 0.25) is 0 Å². The molecule has 31 heavy (non-hydrogen) atoms. The zero-order chi connectivity index (χ0) is 23.0. The minimum atomic E-state index is -4.58. The molecule has 4 amide bonds. The third-order valence-electron chi connectivity index (χ3n) is 6.61. The summed E-state index contributed by atoms with van der Waals surface area (Å²) in [4.78, 5) is 51.1. The lowest BCUT2D eigenvalue weighted by Crippen LogP contribution is -2.54. The number of amides is 4. The van der Waals surface area contributed by atoms with Crippen LogP contribution in [0, 0.1) is 11.8 Å². The molecule has 2 saturated carbocycles. The van der Waals surface area contributed by atoms with Crippen molar-refractivity contribution >= 4 is 23.8 Å². The van der Waals surface area contributed by atoms with Crippen molar-refractivity contribution in [2.45, 2.75) is 70.1 Å². The van der Waals surface area contributed by atoms with Gasteiger partial charge in [-0.15, -0.1) is 0 Å². The molecule has 3 atom stereocenters. The van der Waals surface area contributed by atoms with Crippen molar-refractivity contribution in [3.63, 3.8) is 0 Å². The molecule has 1 spiro atoms. The molecule has 0 aromatic carbocycles. The van der Waals surface area contributed by atoms with Crippen LogP contribution >= 0.6 is 0 Å². The summed E-state index contributed by atoms with van der Waals surface area (Å²) in [6.45, 7) is 0.421. The molecule has 1 aliphatic heterocycles. The van der Waals surface area contributed by atoms with Gasteiger partial charge in [0.15, 0.2) is 6.61 Å². The van der Waals surface area contributed by atoms with Crippen LogP contribution in [0.15, 0.2) is 0 Å². The lowest BCUT2D eigenvalue weighted by Gasteiger charge is -2.36. The Labute approximate surface area is 178 Å². The van der Waals surface area contributed by atoms with Gasteiger partial charge in [0.1, 0.15) is 18.6 Å². The molecule has 0 aromatic heterocycles. The van der Waals surface area contributed by atoms with E-state index in [-0.39, 0.29) is 11.8 Å². The summed E-state index contributed by atoms with van der Waals surface area (Å²) >= 11 is 0. The maximum atomic E-state index is 12.9. The van der Waals surface area contributed by atoms with Crippen LogP contribution < -0.4 is 5.32 Å². The van der Waals surface area contributed by atoms with Crippen LogP contribution in [0.5, 0.6) is 0 Å². The maximum Gasteiger partial charge on any atom is 0.406 e. The minimum Gasteiger partial charge on any atom is -0.454 e. The fourth-order valence-electron chi connectivity index (χ4n) is 4.52. The lowest BCUT2D eigenvalue weighted by atomic mass is 9.73. The molecule has 11 heteroatoms. The third kappa shape index (κ3) is 5.12. The van der Waals surface area contributed by atoms with Crippen molar-refractivity contribution < 1.29 is 37.1 Å². The van der Waals surface area contributed by atoms with Gasteiger partial charge in [0.25, 0.3) is 11.8 Å². The van der Waals surface area contributed by atoms with E-state index in [1.54, 1.807) is 6.92 Å². The van der Waals surface area contributed by atoms with E-state index >= 15 is 0 Å². The molecule has 3 aliphatic rings. The van der Waals surface area contributed by atoms with Crippen LogP contribution in [0.2, 0.25) is 0 Å². The Morgan fingerprint density at radius 2 is 1.94 bits per heavy atom. The Balaban J connectivity index is 1.57. The summed E-state index contributed by atoms with van der Waals surface area (Å²) in [6.07, 6.45) is -0.111. The first kappa shape index (κ1) is 23.3. The van der Waals surface area contributed by atoms with Crippen molar-refractivity contribution in [2.75, 3.05) is 19.7 Å². The molecule has 0 radical (unpaired) electrons. The molecule has 3 rings (SSSR count). The normalized spacial score (nSPS) is 27.3. The van der Waals surface area contributed by atoms with Crippen LogP contribution in [-0.4, -0.2) is 71.1 Å². The highest BCUT2D eigenvalue weighted by Crippen LogP contribution is 2.38. The predicted octanol–water partition coefficient (Wildman–Crippen LogP) is 2.22. The van der Waals surface area contributed by atoms with Crippen molar-refractivity contribution in [2.24, 2.45) is 11.8 Å². The Morgan fingerprint density at radius 1 is 1.26 bits per heavy atom. The number of hydrogen-bond acceptors (Lipinski definition) is 5. The Hall–Kier alpha value is -2.33. The Kier molecular flexibility index (Phi) is 6.52. The van der Waals surface area contributed by atoms with Crippen molar-refractivity contribution in [3.05, 3.63) is 0 Å². The number of halogens is 3. The SMILES string of the molecule is C[C@@H](C1CC1)N(CC(F)(F)F)C(=O)COC(=O)CN1C(=O)N[C@]2(CCCC[C@@H]2C)C1=O. The smallest absolute Gasteiger partial charge is 0.406 e. The van der Waals surface area contributed by atoms with Crippen molar-refractivity contribution in [1.29, 1.82) is 0 Å². The van der Waals surface area contributed by atoms with Gasteiger partial charge in [0.05, 0.1) is 0 Å². The van der Waals surface area contributed by atoms with E-state index in [2.05, 4.69) is 5.32 Å². The van der Waals surface area contributed by atoms with Gasteiger partial charge in [-0.25, -0.2) is 4.79 Å². The summed E-state index contributed by atoms with van der Waals surface area (Å²) in [5.74, 6) is -2.57. The highest BCUT2D eigenvalue weighted by molar-refractivity contribution is 6.09. The Bertz CT molecular complexity index is 755. The lowest BCUT2D eigenvalue weighted by molar-refractivity contribution is -0.171. The number of esters is 1. The van der Waals surface area contributed by atoms with Crippen molar-refractivity contribution in [1.82, 2.24) is 15.1 Å². The number of rotatable bonds is 7. The summed E-state index contributed by atoms with van der Waals surface area (Å²) in [6, 6.07) is -1.32. The number of alkyl halides is 3. The average Bonchev–Trinajstić information content (AvgIpc) is 3.50. The standard InChI is InChI=1S/C20H28F3N3O5/c1-12-5-3-4-8-19(12)17(29)25(18(30)24-19)9-16(28)31-10-15(27)26(11-20(21,22)23)13(2)14-6-7-14/h12-14H,3-11H2,1-2H3,(H,24,30)/t12-,13-,19-/m0/s1. The first-order chi connectivity index (χ1) is 14.4. The summed E-state index contributed by atoms with van der Waals surface area (Å²) in [5.41, 5.74) is -1.03. The molecule has 174 valence electrons. The maximum absolute atomic E-state index is 12.9. The largest absolute Gasteiger partial charge is 0.454 e. The van der Waals surface area contributed by atoms with Crippen LogP contribution in [-0.2, 0) is 19.1 Å². The molecule has 0 aromatic rings. The van der Waals surface area contributed by atoms with Gasteiger partial charge in [0, 0.05) is 6.04 Å². The van der Waals surface area contributed by atoms with Crippen LogP contribution in [0.3, 0.4) is 0 Å². The molecule has 1 saturated heterocycles. The monoisotopic (exact) mass is 447 g/mol. The Morgan fingerprint density at radius 3 is 2.52 bits per heavy atom. The van der Waals surface area contributed by atoms with Gasteiger partial charge in [-0.3, -0.25) is 19.3 Å².